The van der Waals surface area contributed by atoms with E-state index in [0.29, 0.717) is 12.8 Å². The predicted molar refractivity (Wildman–Crippen MR) is 114 cm³/mol. The maximum absolute atomic E-state index is 13.1. The molecule has 0 spiro atoms. The highest BCUT2D eigenvalue weighted by Crippen LogP contribution is 2.25. The molecule has 0 bridgehead atoms. The van der Waals surface area contributed by atoms with Crippen LogP contribution in [0, 0.1) is 11.7 Å². The molecule has 3 rings (SSSR count). The van der Waals surface area contributed by atoms with Crippen molar-refractivity contribution < 1.29 is 26.0 Å². The van der Waals surface area contributed by atoms with Crippen LogP contribution in [-0.2, 0) is 24.7 Å². The summed E-state index contributed by atoms with van der Waals surface area (Å²) in [5.41, 5.74) is 0.775. The third-order valence-corrected chi connectivity index (χ3v) is 8.48. The number of benzene rings is 2. The van der Waals surface area contributed by atoms with Crippen LogP contribution in [0.3, 0.4) is 0 Å². The highest BCUT2D eigenvalue weighted by molar-refractivity contribution is 7.90. The first-order valence-corrected chi connectivity index (χ1v) is 13.2. The zero-order chi connectivity index (χ0) is 22.8. The molecule has 1 aliphatic rings. The number of halogens is 1. The molecule has 1 aliphatic heterocycles. The number of piperidine rings is 1. The molecule has 31 heavy (non-hydrogen) atoms. The molecule has 1 N–H and O–H groups in total. The first-order chi connectivity index (χ1) is 14.5. The van der Waals surface area contributed by atoms with E-state index in [1.54, 1.807) is 12.1 Å². The summed E-state index contributed by atoms with van der Waals surface area (Å²) in [5, 5.41) is 2.92. The Morgan fingerprint density at radius 2 is 1.48 bits per heavy atom. The molecule has 10 heteroatoms. The van der Waals surface area contributed by atoms with Crippen molar-refractivity contribution in [2.45, 2.75) is 35.6 Å². The highest BCUT2D eigenvalue weighted by Gasteiger charge is 2.32. The number of nitrogens with zero attached hydrogens (tertiary/aromatic N) is 1. The van der Waals surface area contributed by atoms with Gasteiger partial charge in [0.1, 0.15) is 5.82 Å². The minimum Gasteiger partial charge on any atom is -0.349 e. The maximum Gasteiger partial charge on any atom is 0.243 e. The second kappa shape index (κ2) is 9.05. The molecule has 2 aromatic rings. The molecule has 0 unspecified atom stereocenters. The van der Waals surface area contributed by atoms with Crippen molar-refractivity contribution in [2.75, 3.05) is 19.3 Å². The highest BCUT2D eigenvalue weighted by atomic mass is 32.2. The summed E-state index contributed by atoms with van der Waals surface area (Å²) in [6.07, 6.45) is 1.90. The Morgan fingerprint density at radius 3 is 2.00 bits per heavy atom. The standard InChI is InChI=1S/C21H25FN2O5S2/c1-15(16-3-7-19(8-4-16)30(2,26)27)23-21(25)17-11-13-24(14-12-17)31(28,29)20-9-5-18(22)6-10-20/h3-10,15,17H,11-14H2,1-2H3,(H,23,25)/t15-/m1/s1. The Bertz CT molecular complexity index is 1140. The lowest BCUT2D eigenvalue weighted by molar-refractivity contribution is -0.126. The number of amides is 1. The van der Waals surface area contributed by atoms with Gasteiger partial charge in [-0.05, 0) is 61.7 Å². The zero-order valence-corrected chi connectivity index (χ0v) is 18.9. The van der Waals surface area contributed by atoms with Gasteiger partial charge in [0.15, 0.2) is 9.84 Å². The predicted octanol–water partition coefficient (Wildman–Crippen LogP) is 2.51. The Hall–Kier alpha value is -2.30. The summed E-state index contributed by atoms with van der Waals surface area (Å²) in [6.45, 7) is 2.21. The summed E-state index contributed by atoms with van der Waals surface area (Å²) in [6, 6.07) is 10.7. The number of hydrogen-bond acceptors (Lipinski definition) is 5. The van der Waals surface area contributed by atoms with Crippen LogP contribution in [0.25, 0.3) is 0 Å². The van der Waals surface area contributed by atoms with E-state index in [4.69, 9.17) is 0 Å². The van der Waals surface area contributed by atoms with Crippen LogP contribution in [0.4, 0.5) is 4.39 Å². The molecule has 0 radical (unpaired) electrons. The van der Waals surface area contributed by atoms with Gasteiger partial charge in [-0.2, -0.15) is 4.31 Å². The summed E-state index contributed by atoms with van der Waals surface area (Å²) in [5.74, 6) is -0.995. The van der Waals surface area contributed by atoms with Crippen molar-refractivity contribution in [1.82, 2.24) is 9.62 Å². The fourth-order valence-corrected chi connectivity index (χ4v) is 5.63. The number of sulfonamides is 1. The van der Waals surface area contributed by atoms with E-state index in [9.17, 15) is 26.0 Å². The Kier molecular flexibility index (Phi) is 6.82. The van der Waals surface area contributed by atoms with Gasteiger partial charge in [-0.15, -0.1) is 0 Å². The normalized spacial score (nSPS) is 17.3. The number of rotatable bonds is 6. The molecule has 168 valence electrons. The smallest absolute Gasteiger partial charge is 0.243 e. The third kappa shape index (κ3) is 5.50. The summed E-state index contributed by atoms with van der Waals surface area (Å²) in [7, 11) is -7.01. The van der Waals surface area contributed by atoms with Crippen LogP contribution in [-0.4, -0.2) is 46.4 Å². The molecule has 7 nitrogen and oxygen atoms in total. The fraction of sp³-hybridized carbons (Fsp3) is 0.381. The molecular weight excluding hydrogens is 443 g/mol. The topological polar surface area (TPSA) is 101 Å². The molecule has 1 atom stereocenters. The third-order valence-electron chi connectivity index (χ3n) is 5.44. The van der Waals surface area contributed by atoms with Crippen molar-refractivity contribution >= 4 is 25.8 Å². The fourth-order valence-electron chi connectivity index (χ4n) is 3.53. The molecular formula is C21H25FN2O5S2. The summed E-state index contributed by atoms with van der Waals surface area (Å²) in [4.78, 5) is 12.9. The number of carbonyl (C=O) groups is 1. The first kappa shape index (κ1) is 23.4. The van der Waals surface area contributed by atoms with Gasteiger partial charge in [-0.25, -0.2) is 21.2 Å². The van der Waals surface area contributed by atoms with Crippen LogP contribution >= 0.6 is 0 Å². The average Bonchev–Trinajstić information content (AvgIpc) is 2.73. The Morgan fingerprint density at radius 1 is 0.968 bits per heavy atom. The van der Waals surface area contributed by atoms with Gasteiger partial charge in [0.05, 0.1) is 15.8 Å². The van der Waals surface area contributed by atoms with E-state index in [1.807, 2.05) is 6.92 Å². The van der Waals surface area contributed by atoms with E-state index in [1.165, 1.54) is 28.6 Å². The number of hydrogen-bond donors (Lipinski definition) is 1. The van der Waals surface area contributed by atoms with E-state index < -0.39 is 25.7 Å². The number of carbonyl (C=O) groups excluding carboxylic acids is 1. The Labute approximate surface area is 182 Å². The molecule has 1 saturated heterocycles. The summed E-state index contributed by atoms with van der Waals surface area (Å²) >= 11 is 0. The van der Waals surface area contributed by atoms with Gasteiger partial charge in [-0.1, -0.05) is 12.1 Å². The Balaban J connectivity index is 1.58. The molecule has 0 saturated carbocycles. The van der Waals surface area contributed by atoms with E-state index >= 15 is 0 Å². The van der Waals surface area contributed by atoms with Crippen molar-refractivity contribution in [3.8, 4) is 0 Å². The maximum atomic E-state index is 13.1. The zero-order valence-electron chi connectivity index (χ0n) is 17.3. The second-order valence-corrected chi connectivity index (χ2v) is 11.7. The first-order valence-electron chi connectivity index (χ1n) is 9.84. The minimum atomic E-state index is -3.72. The summed E-state index contributed by atoms with van der Waals surface area (Å²) < 4.78 is 62.9. The van der Waals surface area contributed by atoms with Crippen molar-refractivity contribution in [2.24, 2.45) is 5.92 Å². The molecule has 1 amide bonds. The SMILES string of the molecule is C[C@@H](NC(=O)C1CCN(S(=O)(=O)c2ccc(F)cc2)CC1)c1ccc(S(C)(=O)=O)cc1. The molecule has 1 heterocycles. The minimum absolute atomic E-state index is 0.0305. The van der Waals surface area contributed by atoms with Crippen LogP contribution in [0.15, 0.2) is 58.3 Å². The van der Waals surface area contributed by atoms with Crippen molar-refractivity contribution in [3.63, 3.8) is 0 Å². The quantitative estimate of drug-likeness (QED) is 0.702. The van der Waals surface area contributed by atoms with E-state index in [2.05, 4.69) is 5.32 Å². The molecule has 2 aromatic carbocycles. The van der Waals surface area contributed by atoms with Crippen LogP contribution in [0.5, 0.6) is 0 Å². The lowest BCUT2D eigenvalue weighted by Gasteiger charge is -2.31. The van der Waals surface area contributed by atoms with Gasteiger partial charge < -0.3 is 5.32 Å². The largest absolute Gasteiger partial charge is 0.349 e. The van der Waals surface area contributed by atoms with E-state index in [0.717, 1.165) is 24.0 Å². The van der Waals surface area contributed by atoms with Gasteiger partial charge in [0.25, 0.3) is 0 Å². The van der Waals surface area contributed by atoms with Crippen LogP contribution in [0.1, 0.15) is 31.4 Å². The van der Waals surface area contributed by atoms with Crippen molar-refractivity contribution in [1.29, 1.82) is 0 Å². The van der Waals surface area contributed by atoms with E-state index in [-0.39, 0.29) is 40.7 Å². The van der Waals surface area contributed by atoms with Crippen LogP contribution in [0.2, 0.25) is 0 Å². The number of sulfone groups is 1. The van der Waals surface area contributed by atoms with Gasteiger partial charge in [-0.3, -0.25) is 4.79 Å². The number of nitrogens with one attached hydrogen (secondary N) is 1. The molecule has 0 aromatic heterocycles. The average molecular weight is 469 g/mol. The van der Waals surface area contributed by atoms with Crippen LogP contribution < -0.4 is 5.32 Å². The lowest BCUT2D eigenvalue weighted by Crippen LogP contribution is -2.43. The van der Waals surface area contributed by atoms with Gasteiger partial charge >= 0.3 is 0 Å². The second-order valence-electron chi connectivity index (χ2n) is 7.70. The van der Waals surface area contributed by atoms with Gasteiger partial charge in [0.2, 0.25) is 15.9 Å². The molecule has 0 aliphatic carbocycles. The van der Waals surface area contributed by atoms with Crippen molar-refractivity contribution in [3.05, 3.63) is 59.9 Å². The van der Waals surface area contributed by atoms with Gasteiger partial charge in [0, 0.05) is 25.3 Å². The molecule has 1 fully saturated rings. The lowest BCUT2D eigenvalue weighted by atomic mass is 9.96. The monoisotopic (exact) mass is 468 g/mol.